The molecule has 2 unspecified atom stereocenters. The molecule has 0 aromatic heterocycles. The second-order valence-corrected chi connectivity index (χ2v) is 7.93. The fourth-order valence-corrected chi connectivity index (χ4v) is 3.67. The molecule has 0 bridgehead atoms. The number of likely N-dealkylation sites (tertiary alicyclic amines) is 1. The molecule has 2 aliphatic heterocycles. The summed E-state index contributed by atoms with van der Waals surface area (Å²) in [7, 11) is 2.85. The van der Waals surface area contributed by atoms with E-state index in [0.29, 0.717) is 5.69 Å². The number of hydrogen-bond acceptors (Lipinski definition) is 5. The van der Waals surface area contributed by atoms with Crippen LogP contribution in [0.5, 0.6) is 0 Å². The zero-order chi connectivity index (χ0) is 20.0. The van der Waals surface area contributed by atoms with Crippen LogP contribution in [-0.4, -0.2) is 60.2 Å². The van der Waals surface area contributed by atoms with Gasteiger partial charge in [0.2, 0.25) is 5.91 Å². The topological polar surface area (TPSA) is 88.2 Å². The minimum Gasteiger partial charge on any atom is -0.444 e. The van der Waals surface area contributed by atoms with Crippen LogP contribution >= 0.6 is 0 Å². The molecule has 8 nitrogen and oxygen atoms in total. The summed E-state index contributed by atoms with van der Waals surface area (Å²) in [6.07, 6.45) is -0.457. The average Bonchev–Trinajstić information content (AvgIpc) is 3.12. The molecule has 146 valence electrons. The third kappa shape index (κ3) is 3.25. The Balaban J connectivity index is 2.00. The maximum Gasteiger partial charge on any atom is 0.411 e. The molecule has 1 N–H and O–H groups in total. The van der Waals surface area contributed by atoms with E-state index in [-0.39, 0.29) is 18.9 Å². The summed E-state index contributed by atoms with van der Waals surface area (Å²) in [6.45, 7) is 5.34. The monoisotopic (exact) mass is 375 g/mol. The maximum absolute atomic E-state index is 12.9. The zero-order valence-corrected chi connectivity index (χ0v) is 16.2. The number of nitrogens with one attached hydrogen (secondary N) is 1. The number of hydrogen-bond donors (Lipinski definition) is 1. The molecular formula is C19H25N3O5. The predicted molar refractivity (Wildman–Crippen MR) is 97.9 cm³/mol. The van der Waals surface area contributed by atoms with Gasteiger partial charge >= 0.3 is 6.09 Å². The lowest BCUT2D eigenvalue weighted by atomic mass is 9.79. The van der Waals surface area contributed by atoms with Gasteiger partial charge < -0.3 is 10.1 Å². The van der Waals surface area contributed by atoms with Crippen LogP contribution in [0.3, 0.4) is 0 Å². The first-order chi connectivity index (χ1) is 12.6. The zero-order valence-electron chi connectivity index (χ0n) is 16.2. The highest BCUT2D eigenvalue weighted by Crippen LogP contribution is 2.46. The summed E-state index contributed by atoms with van der Waals surface area (Å²) in [5.41, 5.74) is -0.204. The number of amides is 3. The van der Waals surface area contributed by atoms with Crippen LogP contribution in [0.15, 0.2) is 24.3 Å². The van der Waals surface area contributed by atoms with Gasteiger partial charge in [-0.1, -0.05) is 18.2 Å². The molecule has 1 aromatic rings. The van der Waals surface area contributed by atoms with Crippen molar-refractivity contribution < 1.29 is 24.0 Å². The molecule has 8 heteroatoms. The van der Waals surface area contributed by atoms with Gasteiger partial charge in [0.15, 0.2) is 0 Å². The minimum absolute atomic E-state index is 0.0682. The normalized spacial score (nSPS) is 24.0. The predicted octanol–water partition coefficient (Wildman–Crippen LogP) is 1.91. The number of hydroxylamine groups is 2. The van der Waals surface area contributed by atoms with Crippen molar-refractivity contribution in [3.8, 4) is 0 Å². The van der Waals surface area contributed by atoms with Crippen LogP contribution in [0.25, 0.3) is 0 Å². The Labute approximate surface area is 158 Å². The first-order valence-corrected chi connectivity index (χ1v) is 8.81. The van der Waals surface area contributed by atoms with Crippen molar-refractivity contribution in [3.63, 3.8) is 0 Å². The van der Waals surface area contributed by atoms with Crippen molar-refractivity contribution in [1.29, 1.82) is 0 Å². The number of rotatable bonds is 2. The first-order valence-electron chi connectivity index (χ1n) is 8.81. The molecule has 2 aliphatic rings. The van der Waals surface area contributed by atoms with Gasteiger partial charge in [0.25, 0.3) is 5.91 Å². The summed E-state index contributed by atoms with van der Waals surface area (Å²) in [6, 6.07) is 6.49. The van der Waals surface area contributed by atoms with Gasteiger partial charge in [0, 0.05) is 19.3 Å². The number of nitrogens with zero attached hydrogens (tertiary/aromatic N) is 2. The number of likely N-dealkylation sites (N-methyl/N-ethyl adjacent to an activating group) is 1. The summed E-state index contributed by atoms with van der Waals surface area (Å²) in [5, 5.41) is 3.94. The van der Waals surface area contributed by atoms with E-state index >= 15 is 0 Å². The highest BCUT2D eigenvalue weighted by Gasteiger charge is 2.58. The Morgan fingerprint density at radius 2 is 1.96 bits per heavy atom. The summed E-state index contributed by atoms with van der Waals surface area (Å²) < 4.78 is 5.49. The standard InChI is InChI=1S/C19H25N3O5/c1-18(2,3)27-17(25)22-11-19(10-14(22)15(23)21(4)26-5)12-8-6-7-9-13(12)20-16(19)24/h6-9,14H,10-11H2,1-5H3,(H,20,24). The van der Waals surface area contributed by atoms with Crippen LogP contribution in [0.4, 0.5) is 10.5 Å². The van der Waals surface area contributed by atoms with Gasteiger partial charge in [0.05, 0.1) is 12.5 Å². The fourth-order valence-electron chi connectivity index (χ4n) is 3.67. The number of para-hydroxylation sites is 1. The van der Waals surface area contributed by atoms with Crippen molar-refractivity contribution in [2.24, 2.45) is 0 Å². The quantitative estimate of drug-likeness (QED) is 0.798. The van der Waals surface area contributed by atoms with Crippen molar-refractivity contribution in [2.75, 3.05) is 26.0 Å². The SMILES string of the molecule is CON(C)C(=O)C1CC2(CN1C(=O)OC(C)(C)C)C(=O)Nc1ccccc12. The molecule has 3 amide bonds. The van der Waals surface area contributed by atoms with Crippen LogP contribution in [0.2, 0.25) is 0 Å². The summed E-state index contributed by atoms with van der Waals surface area (Å²) >= 11 is 0. The third-order valence-electron chi connectivity index (χ3n) is 4.98. The molecule has 3 rings (SSSR count). The lowest BCUT2D eigenvalue weighted by Gasteiger charge is -2.29. The molecule has 0 radical (unpaired) electrons. The molecule has 0 saturated carbocycles. The van der Waals surface area contributed by atoms with E-state index in [9.17, 15) is 14.4 Å². The van der Waals surface area contributed by atoms with Gasteiger partial charge in [-0.3, -0.25) is 19.3 Å². The number of benzene rings is 1. The average molecular weight is 375 g/mol. The van der Waals surface area contributed by atoms with E-state index in [1.54, 1.807) is 20.8 Å². The van der Waals surface area contributed by atoms with Crippen molar-refractivity contribution >= 4 is 23.6 Å². The van der Waals surface area contributed by atoms with Crippen molar-refractivity contribution in [3.05, 3.63) is 29.8 Å². The Kier molecular flexibility index (Phi) is 4.63. The van der Waals surface area contributed by atoms with Crippen LogP contribution < -0.4 is 5.32 Å². The number of anilines is 1. The molecule has 1 fully saturated rings. The highest BCUT2D eigenvalue weighted by atomic mass is 16.7. The van der Waals surface area contributed by atoms with E-state index in [4.69, 9.17) is 9.57 Å². The highest BCUT2D eigenvalue weighted by molar-refractivity contribution is 6.08. The maximum atomic E-state index is 12.9. The van der Waals surface area contributed by atoms with E-state index < -0.39 is 29.1 Å². The van der Waals surface area contributed by atoms with Crippen LogP contribution in [0, 0.1) is 0 Å². The Hall–Kier alpha value is -2.61. The van der Waals surface area contributed by atoms with Gasteiger partial charge in [-0.05, 0) is 38.8 Å². The van der Waals surface area contributed by atoms with E-state index in [1.807, 2.05) is 24.3 Å². The molecule has 2 heterocycles. The largest absolute Gasteiger partial charge is 0.444 e. The molecule has 1 saturated heterocycles. The van der Waals surface area contributed by atoms with Crippen molar-refractivity contribution in [2.45, 2.75) is 44.2 Å². The van der Waals surface area contributed by atoms with Crippen molar-refractivity contribution in [1.82, 2.24) is 9.96 Å². The first kappa shape index (κ1) is 19.2. The summed E-state index contributed by atoms with van der Waals surface area (Å²) in [4.78, 5) is 44.9. The smallest absolute Gasteiger partial charge is 0.411 e. The van der Waals surface area contributed by atoms with Gasteiger partial charge in [-0.2, -0.15) is 0 Å². The van der Waals surface area contributed by atoms with Gasteiger partial charge in [-0.25, -0.2) is 9.86 Å². The third-order valence-corrected chi connectivity index (χ3v) is 4.98. The van der Waals surface area contributed by atoms with E-state index in [1.165, 1.54) is 19.1 Å². The second-order valence-electron chi connectivity index (χ2n) is 7.93. The Morgan fingerprint density at radius 1 is 1.30 bits per heavy atom. The Bertz CT molecular complexity index is 788. The number of carbonyl (C=O) groups excluding carboxylic acids is 3. The molecular weight excluding hydrogens is 350 g/mol. The van der Waals surface area contributed by atoms with Gasteiger partial charge in [-0.15, -0.1) is 0 Å². The summed E-state index contributed by atoms with van der Waals surface area (Å²) in [5.74, 6) is -0.620. The fraction of sp³-hybridized carbons (Fsp3) is 0.526. The molecule has 27 heavy (non-hydrogen) atoms. The molecule has 1 aromatic carbocycles. The number of carbonyl (C=O) groups is 3. The molecule has 0 aliphatic carbocycles. The number of fused-ring (bicyclic) bond motifs is 2. The van der Waals surface area contributed by atoms with Crippen LogP contribution in [-0.2, 0) is 24.6 Å². The van der Waals surface area contributed by atoms with Gasteiger partial charge in [0.1, 0.15) is 11.6 Å². The minimum atomic E-state index is -0.984. The van der Waals surface area contributed by atoms with E-state index in [2.05, 4.69) is 5.32 Å². The lowest BCUT2D eigenvalue weighted by molar-refractivity contribution is -0.173. The van der Waals surface area contributed by atoms with E-state index in [0.717, 1.165) is 10.6 Å². The lowest BCUT2D eigenvalue weighted by Crippen LogP contribution is -2.48. The number of ether oxygens (including phenoxy) is 1. The van der Waals surface area contributed by atoms with Crippen LogP contribution in [0.1, 0.15) is 32.8 Å². The Morgan fingerprint density at radius 3 is 2.59 bits per heavy atom. The molecule has 1 spiro atoms. The second kappa shape index (κ2) is 6.53. The molecule has 2 atom stereocenters.